The van der Waals surface area contributed by atoms with Gasteiger partial charge in [-0.1, -0.05) is 23.5 Å². The molecule has 0 N–H and O–H groups in total. The minimum atomic E-state index is 0.905. The molecular formula is C19H14N4S2. The molecule has 0 atom stereocenters. The zero-order valence-corrected chi connectivity index (χ0v) is 15.4. The summed E-state index contributed by atoms with van der Waals surface area (Å²) in [6.45, 7) is 4.06. The first kappa shape index (κ1) is 14.7. The van der Waals surface area contributed by atoms with Gasteiger partial charge in [0.2, 0.25) is 5.13 Å². The molecule has 0 fully saturated rings. The summed E-state index contributed by atoms with van der Waals surface area (Å²) in [5.41, 5.74) is 5.29. The van der Waals surface area contributed by atoms with Crippen LogP contribution < -0.4 is 0 Å². The van der Waals surface area contributed by atoms with Crippen LogP contribution in [0, 0.1) is 13.8 Å². The summed E-state index contributed by atoms with van der Waals surface area (Å²) >= 11 is 3.38. The summed E-state index contributed by atoms with van der Waals surface area (Å²) < 4.78 is 4.28. The van der Waals surface area contributed by atoms with Gasteiger partial charge in [-0.2, -0.15) is 5.10 Å². The Bertz CT molecular complexity index is 1200. The second-order valence-corrected chi connectivity index (χ2v) is 8.04. The maximum absolute atomic E-state index is 4.76. The molecule has 5 aromatic rings. The summed E-state index contributed by atoms with van der Waals surface area (Å²) in [6, 6.07) is 16.7. The van der Waals surface area contributed by atoms with Crippen molar-refractivity contribution in [1.82, 2.24) is 19.7 Å². The van der Waals surface area contributed by atoms with Crippen molar-refractivity contribution in [3.63, 3.8) is 0 Å². The number of hydrogen-bond donors (Lipinski definition) is 0. The number of nitrogens with zero attached hydrogens (tertiary/aromatic N) is 4. The van der Waals surface area contributed by atoms with Crippen LogP contribution in [-0.4, -0.2) is 19.7 Å². The number of thiazole rings is 2. The average molecular weight is 362 g/mol. The molecule has 0 radical (unpaired) electrons. The van der Waals surface area contributed by atoms with E-state index in [1.165, 1.54) is 4.70 Å². The van der Waals surface area contributed by atoms with Crippen molar-refractivity contribution in [2.24, 2.45) is 0 Å². The van der Waals surface area contributed by atoms with Gasteiger partial charge in [0.25, 0.3) is 0 Å². The number of benzene rings is 2. The van der Waals surface area contributed by atoms with Crippen LogP contribution in [0.3, 0.4) is 0 Å². The fourth-order valence-electron chi connectivity index (χ4n) is 2.95. The molecule has 25 heavy (non-hydrogen) atoms. The molecule has 0 aliphatic rings. The van der Waals surface area contributed by atoms with Crippen LogP contribution in [0.1, 0.15) is 11.4 Å². The fraction of sp³-hybridized carbons (Fsp3) is 0.105. The van der Waals surface area contributed by atoms with Gasteiger partial charge in [0, 0.05) is 11.3 Å². The Morgan fingerprint density at radius 1 is 0.840 bits per heavy atom. The highest BCUT2D eigenvalue weighted by Crippen LogP contribution is 2.34. The lowest BCUT2D eigenvalue weighted by Gasteiger charge is -1.96. The third-order valence-corrected chi connectivity index (χ3v) is 6.19. The van der Waals surface area contributed by atoms with Crippen molar-refractivity contribution in [1.29, 1.82) is 0 Å². The van der Waals surface area contributed by atoms with Crippen molar-refractivity contribution in [3.05, 3.63) is 59.9 Å². The van der Waals surface area contributed by atoms with E-state index in [4.69, 9.17) is 9.97 Å². The van der Waals surface area contributed by atoms with Crippen LogP contribution in [0.15, 0.2) is 48.5 Å². The number of hydrogen-bond acceptors (Lipinski definition) is 5. The van der Waals surface area contributed by atoms with Gasteiger partial charge < -0.3 is 0 Å². The lowest BCUT2D eigenvalue weighted by atomic mass is 10.2. The van der Waals surface area contributed by atoms with Gasteiger partial charge in [-0.25, -0.2) is 14.6 Å². The van der Waals surface area contributed by atoms with Crippen molar-refractivity contribution in [3.8, 4) is 15.7 Å². The van der Waals surface area contributed by atoms with Crippen LogP contribution in [0.25, 0.3) is 36.1 Å². The lowest BCUT2D eigenvalue weighted by molar-refractivity contribution is 0.828. The molecule has 0 spiro atoms. The van der Waals surface area contributed by atoms with E-state index in [1.54, 1.807) is 22.7 Å². The summed E-state index contributed by atoms with van der Waals surface area (Å²) in [4.78, 5) is 9.49. The predicted octanol–water partition coefficient (Wildman–Crippen LogP) is 5.38. The lowest BCUT2D eigenvalue weighted by Crippen LogP contribution is -1.97. The molecule has 3 heterocycles. The molecule has 4 nitrogen and oxygen atoms in total. The van der Waals surface area contributed by atoms with Crippen LogP contribution in [0.5, 0.6) is 0 Å². The minimum absolute atomic E-state index is 0.905. The Hall–Kier alpha value is -2.57. The van der Waals surface area contributed by atoms with E-state index in [0.29, 0.717) is 0 Å². The van der Waals surface area contributed by atoms with E-state index in [-0.39, 0.29) is 0 Å². The van der Waals surface area contributed by atoms with E-state index in [1.807, 2.05) is 17.7 Å². The Labute approximate surface area is 152 Å². The molecular weight excluding hydrogens is 348 g/mol. The number of aromatic nitrogens is 4. The highest BCUT2D eigenvalue weighted by atomic mass is 32.1. The summed E-state index contributed by atoms with van der Waals surface area (Å²) in [7, 11) is 0. The Morgan fingerprint density at radius 2 is 1.68 bits per heavy atom. The Balaban J connectivity index is 1.63. The van der Waals surface area contributed by atoms with Crippen molar-refractivity contribution >= 4 is 43.1 Å². The first-order valence-corrected chi connectivity index (χ1v) is 9.61. The van der Waals surface area contributed by atoms with Crippen LogP contribution in [0.2, 0.25) is 0 Å². The summed E-state index contributed by atoms with van der Waals surface area (Å²) in [5, 5.41) is 6.49. The topological polar surface area (TPSA) is 43.6 Å². The first-order chi connectivity index (χ1) is 12.2. The van der Waals surface area contributed by atoms with Crippen molar-refractivity contribution in [2.75, 3.05) is 0 Å². The van der Waals surface area contributed by atoms with Gasteiger partial charge >= 0.3 is 0 Å². The molecule has 0 saturated heterocycles. The molecule has 2 aromatic carbocycles. The first-order valence-electron chi connectivity index (χ1n) is 7.97. The zero-order valence-electron chi connectivity index (χ0n) is 13.7. The highest BCUT2D eigenvalue weighted by Gasteiger charge is 2.12. The van der Waals surface area contributed by atoms with Gasteiger partial charge in [-0.05, 0) is 50.2 Å². The van der Waals surface area contributed by atoms with Crippen LogP contribution >= 0.6 is 22.7 Å². The molecule has 0 bridgehead atoms. The molecule has 0 unspecified atom stereocenters. The highest BCUT2D eigenvalue weighted by molar-refractivity contribution is 7.22. The van der Waals surface area contributed by atoms with Gasteiger partial charge in [-0.3, -0.25) is 0 Å². The third kappa shape index (κ3) is 2.45. The van der Waals surface area contributed by atoms with Gasteiger partial charge in [0.1, 0.15) is 5.01 Å². The molecule has 3 aromatic heterocycles. The second-order valence-electron chi connectivity index (χ2n) is 6.00. The second kappa shape index (κ2) is 5.47. The van der Waals surface area contributed by atoms with Crippen LogP contribution in [0.4, 0.5) is 0 Å². The minimum Gasteiger partial charge on any atom is -0.236 e. The maximum atomic E-state index is 4.76. The Morgan fingerprint density at radius 3 is 2.48 bits per heavy atom. The van der Waals surface area contributed by atoms with E-state index >= 15 is 0 Å². The molecule has 0 aliphatic carbocycles. The number of para-hydroxylation sites is 1. The Kier molecular flexibility index (Phi) is 3.23. The predicted molar refractivity (Wildman–Crippen MR) is 105 cm³/mol. The monoisotopic (exact) mass is 362 g/mol. The van der Waals surface area contributed by atoms with Crippen molar-refractivity contribution in [2.45, 2.75) is 13.8 Å². The fourth-order valence-corrected chi connectivity index (χ4v) is 4.93. The number of aryl methyl sites for hydroxylation is 2. The van der Waals surface area contributed by atoms with E-state index in [0.717, 1.165) is 42.8 Å². The zero-order chi connectivity index (χ0) is 17.0. The smallest absolute Gasteiger partial charge is 0.211 e. The largest absolute Gasteiger partial charge is 0.236 e. The molecule has 0 saturated carbocycles. The van der Waals surface area contributed by atoms with E-state index < -0.39 is 0 Å². The number of fused-ring (bicyclic) bond motifs is 2. The van der Waals surface area contributed by atoms with E-state index in [9.17, 15) is 0 Å². The van der Waals surface area contributed by atoms with Crippen LogP contribution in [-0.2, 0) is 0 Å². The normalized spacial score (nSPS) is 11.6. The van der Waals surface area contributed by atoms with Gasteiger partial charge in [0.05, 0.1) is 26.1 Å². The molecule has 0 amide bonds. The number of rotatable bonds is 2. The van der Waals surface area contributed by atoms with E-state index in [2.05, 4.69) is 54.5 Å². The molecule has 122 valence electrons. The van der Waals surface area contributed by atoms with Gasteiger partial charge in [-0.15, -0.1) is 11.3 Å². The summed E-state index contributed by atoms with van der Waals surface area (Å²) in [5.74, 6) is 0. The standard InChI is InChI=1S/C19H14N4S2/c1-11-9-12(2)23(22-11)19-21-15-8-7-13(10-17(15)25-19)18-20-14-5-3-4-6-16(14)24-18/h3-10H,1-2H3. The molecule has 0 aliphatic heterocycles. The molecule has 6 heteroatoms. The summed E-state index contributed by atoms with van der Waals surface area (Å²) in [6.07, 6.45) is 0. The SMILES string of the molecule is Cc1cc(C)n(-c2nc3ccc(-c4nc5ccccc5s4)cc3s2)n1. The molecule has 5 rings (SSSR count). The maximum Gasteiger partial charge on any atom is 0.211 e. The average Bonchev–Trinajstić information content (AvgIpc) is 3.29. The van der Waals surface area contributed by atoms with Crippen molar-refractivity contribution < 1.29 is 0 Å². The van der Waals surface area contributed by atoms with Gasteiger partial charge in [0.15, 0.2) is 0 Å². The third-order valence-electron chi connectivity index (χ3n) is 4.11. The quantitative estimate of drug-likeness (QED) is 0.424.